The van der Waals surface area contributed by atoms with Crippen molar-refractivity contribution in [2.45, 2.75) is 0 Å². The molecule has 0 aliphatic heterocycles. The molecule has 2 aromatic carbocycles. The molecule has 3 N–H and O–H groups in total. The number of halogens is 1. The molecule has 0 spiro atoms. The third-order valence-electron chi connectivity index (χ3n) is 3.75. The molecule has 0 aliphatic rings. The van der Waals surface area contributed by atoms with Gasteiger partial charge in [-0.1, -0.05) is 24.3 Å². The number of hydrogen-bond acceptors (Lipinski definition) is 7. The second kappa shape index (κ2) is 13.1. The molecule has 0 heterocycles. The highest BCUT2D eigenvalue weighted by Crippen LogP contribution is 2.24. The molecule has 1 amide bonds. The molecular weight excluding hydrogens is 412 g/mol. The smallest absolute Gasteiger partial charge is 0.497 e. The van der Waals surface area contributed by atoms with Gasteiger partial charge < -0.3 is 30.0 Å². The highest BCUT2D eigenvalue weighted by atomic mass is 35.5. The molecule has 0 unspecified atom stereocenters. The summed E-state index contributed by atoms with van der Waals surface area (Å²) < 4.78 is 20.4. The Hall–Kier alpha value is -3.23. The number of nitrogens with one attached hydrogen (secondary N) is 1. The van der Waals surface area contributed by atoms with Gasteiger partial charge in [0, 0.05) is 6.07 Å². The minimum atomic E-state index is -0.848. The molecule has 0 fully saturated rings. The molecule has 0 atom stereocenters. The highest BCUT2D eigenvalue weighted by Gasteiger charge is 2.06. The number of benzene rings is 2. The van der Waals surface area contributed by atoms with E-state index in [2.05, 4.69) is 5.32 Å². The van der Waals surface area contributed by atoms with Gasteiger partial charge in [0.25, 0.3) is 0 Å². The van der Waals surface area contributed by atoms with Gasteiger partial charge in [0.15, 0.2) is 0 Å². The van der Waals surface area contributed by atoms with Crippen molar-refractivity contribution < 1.29 is 28.5 Å². The zero-order valence-electron chi connectivity index (χ0n) is 16.8. The topological polar surface area (TPSA) is 109 Å². The van der Waals surface area contributed by atoms with E-state index in [9.17, 15) is 9.59 Å². The fourth-order valence-corrected chi connectivity index (χ4v) is 2.29. The monoisotopic (exact) mass is 436 g/mol. The predicted molar refractivity (Wildman–Crippen MR) is 116 cm³/mol. The number of carbonyl (C=O) groups is 2. The lowest BCUT2D eigenvalue weighted by Crippen LogP contribution is -2.33. The zero-order chi connectivity index (χ0) is 21.1. The number of carbonyl (C=O) groups excluding carboxylic acids is 2. The molecule has 0 aliphatic carbocycles. The van der Waals surface area contributed by atoms with Crippen LogP contribution in [0.4, 0.5) is 4.79 Å². The summed E-state index contributed by atoms with van der Waals surface area (Å²) >= 11 is 0. The van der Waals surface area contributed by atoms with Gasteiger partial charge in [-0.15, -0.1) is 12.4 Å². The summed E-state index contributed by atoms with van der Waals surface area (Å²) in [5, 5.41) is 2.48. The maximum absolute atomic E-state index is 11.6. The Labute approximate surface area is 181 Å². The Morgan fingerprint density at radius 2 is 1.53 bits per heavy atom. The van der Waals surface area contributed by atoms with Crippen molar-refractivity contribution in [3.05, 3.63) is 53.6 Å². The molecule has 0 bridgehead atoms. The predicted octanol–water partition coefficient (Wildman–Crippen LogP) is 2.89. The first-order valence-electron chi connectivity index (χ1n) is 8.86. The summed E-state index contributed by atoms with van der Waals surface area (Å²) in [5.41, 5.74) is 6.99. The Morgan fingerprint density at radius 3 is 2.10 bits per heavy atom. The quantitative estimate of drug-likeness (QED) is 0.269. The van der Waals surface area contributed by atoms with Gasteiger partial charge in [-0.05, 0) is 35.4 Å². The van der Waals surface area contributed by atoms with E-state index in [1.165, 1.54) is 0 Å². The second-order valence-corrected chi connectivity index (χ2v) is 5.80. The highest BCUT2D eigenvalue weighted by molar-refractivity contribution is 5.85. The van der Waals surface area contributed by atoms with Crippen LogP contribution in [0.5, 0.6) is 17.2 Å². The molecule has 9 heteroatoms. The lowest BCUT2D eigenvalue weighted by atomic mass is 10.1. The fraction of sp³-hybridized carbons (Fsp3) is 0.238. The van der Waals surface area contributed by atoms with Crippen molar-refractivity contribution >= 4 is 36.6 Å². The van der Waals surface area contributed by atoms with Gasteiger partial charge in [-0.3, -0.25) is 4.79 Å². The Kier molecular flexibility index (Phi) is 10.8. The van der Waals surface area contributed by atoms with E-state index in [0.29, 0.717) is 17.2 Å². The zero-order valence-corrected chi connectivity index (χ0v) is 17.6. The van der Waals surface area contributed by atoms with Crippen LogP contribution in [0.1, 0.15) is 11.1 Å². The third kappa shape index (κ3) is 8.42. The molecule has 0 saturated carbocycles. The summed E-state index contributed by atoms with van der Waals surface area (Å²) in [7, 11) is 3.20. The van der Waals surface area contributed by atoms with Gasteiger partial charge in [0.1, 0.15) is 23.9 Å². The molecule has 8 nitrogen and oxygen atoms in total. The van der Waals surface area contributed by atoms with E-state index >= 15 is 0 Å². The van der Waals surface area contributed by atoms with Gasteiger partial charge >= 0.3 is 6.16 Å². The van der Waals surface area contributed by atoms with Crippen molar-refractivity contribution in [1.29, 1.82) is 0 Å². The molecule has 0 radical (unpaired) electrons. The third-order valence-corrected chi connectivity index (χ3v) is 3.75. The van der Waals surface area contributed by atoms with Gasteiger partial charge in [-0.2, -0.15) is 0 Å². The maximum atomic E-state index is 11.6. The average Bonchev–Trinajstić information content (AvgIpc) is 2.75. The first kappa shape index (κ1) is 24.8. The van der Waals surface area contributed by atoms with Crippen LogP contribution in [-0.4, -0.2) is 46.0 Å². The molecular formula is C21H25ClN2O6. The second-order valence-electron chi connectivity index (χ2n) is 5.80. The first-order valence-corrected chi connectivity index (χ1v) is 8.86. The van der Waals surface area contributed by atoms with E-state index in [1.54, 1.807) is 44.6 Å². The standard InChI is InChI=1S/C21H24N2O6.ClH/c1-26-18-11-16(12-19(13-18)27-2)4-3-15-5-7-17(8-6-15)29-21(25)28-10-9-23-20(24)14-22;/h3-8,11-13H,9-10,14,22H2,1-2H3,(H,23,24);1H. The average molecular weight is 437 g/mol. The number of rotatable bonds is 9. The summed E-state index contributed by atoms with van der Waals surface area (Å²) in [4.78, 5) is 22.6. The van der Waals surface area contributed by atoms with Crippen LogP contribution in [0, 0.1) is 0 Å². The minimum Gasteiger partial charge on any atom is -0.497 e. The number of nitrogens with two attached hydrogens (primary N) is 1. The summed E-state index contributed by atoms with van der Waals surface area (Å²) in [5.74, 6) is 1.43. The molecule has 0 saturated heterocycles. The van der Waals surface area contributed by atoms with E-state index in [4.69, 9.17) is 24.7 Å². The lowest BCUT2D eigenvalue weighted by molar-refractivity contribution is -0.119. The summed E-state index contributed by atoms with van der Waals surface area (Å²) in [6.07, 6.45) is 2.99. The van der Waals surface area contributed by atoms with Crippen LogP contribution in [0.3, 0.4) is 0 Å². The minimum absolute atomic E-state index is 0. The van der Waals surface area contributed by atoms with Crippen LogP contribution < -0.4 is 25.3 Å². The van der Waals surface area contributed by atoms with Crippen molar-refractivity contribution in [3.63, 3.8) is 0 Å². The fourth-order valence-electron chi connectivity index (χ4n) is 2.29. The number of ether oxygens (including phenoxy) is 4. The molecule has 30 heavy (non-hydrogen) atoms. The Bertz CT molecular complexity index is 833. The van der Waals surface area contributed by atoms with E-state index in [-0.39, 0.29) is 38.0 Å². The van der Waals surface area contributed by atoms with Crippen molar-refractivity contribution in [2.24, 2.45) is 5.73 Å². The molecule has 2 aromatic rings. The number of amides is 1. The van der Waals surface area contributed by atoms with Gasteiger partial charge in [0.05, 0.1) is 27.3 Å². The largest absolute Gasteiger partial charge is 0.513 e. The summed E-state index contributed by atoms with van der Waals surface area (Å²) in [6.45, 7) is 0.0515. The van der Waals surface area contributed by atoms with Gasteiger partial charge in [0.2, 0.25) is 5.91 Å². The molecule has 162 valence electrons. The molecule has 0 aromatic heterocycles. The maximum Gasteiger partial charge on any atom is 0.513 e. The van der Waals surface area contributed by atoms with Crippen LogP contribution >= 0.6 is 12.4 Å². The van der Waals surface area contributed by atoms with Crippen LogP contribution in [0.15, 0.2) is 42.5 Å². The first-order chi connectivity index (χ1) is 14.0. The Morgan fingerprint density at radius 1 is 0.933 bits per heavy atom. The Balaban J connectivity index is 0.00000450. The van der Waals surface area contributed by atoms with Crippen LogP contribution in [0.2, 0.25) is 0 Å². The van der Waals surface area contributed by atoms with Crippen molar-refractivity contribution in [1.82, 2.24) is 5.32 Å². The van der Waals surface area contributed by atoms with E-state index in [0.717, 1.165) is 11.1 Å². The lowest BCUT2D eigenvalue weighted by Gasteiger charge is -2.07. The number of hydrogen-bond donors (Lipinski definition) is 2. The van der Waals surface area contributed by atoms with Crippen LogP contribution in [0.25, 0.3) is 12.2 Å². The van der Waals surface area contributed by atoms with Crippen molar-refractivity contribution in [3.8, 4) is 17.2 Å². The summed E-state index contributed by atoms with van der Waals surface area (Å²) in [6, 6.07) is 12.5. The van der Waals surface area contributed by atoms with Crippen molar-refractivity contribution in [2.75, 3.05) is 33.9 Å². The van der Waals surface area contributed by atoms with E-state index < -0.39 is 6.16 Å². The van der Waals surface area contributed by atoms with Crippen LogP contribution in [-0.2, 0) is 9.53 Å². The van der Waals surface area contributed by atoms with Gasteiger partial charge in [-0.25, -0.2) is 4.79 Å². The SMILES string of the molecule is COc1cc(C=Cc2ccc(OC(=O)OCCNC(=O)CN)cc2)cc(OC)c1.Cl. The number of methoxy groups -OCH3 is 2. The van der Waals surface area contributed by atoms with E-state index in [1.807, 2.05) is 24.3 Å². The normalized spacial score (nSPS) is 10.1. The molecule has 2 rings (SSSR count).